The van der Waals surface area contributed by atoms with E-state index in [9.17, 15) is 13.2 Å². The maximum Gasteiger partial charge on any atom is 0.243 e. The lowest BCUT2D eigenvalue weighted by molar-refractivity contribution is -0.0507. The molecule has 0 unspecified atom stereocenters. The van der Waals surface area contributed by atoms with E-state index in [0.717, 1.165) is 38.8 Å². The first-order valence-electron chi connectivity index (χ1n) is 10.4. The lowest BCUT2D eigenvalue weighted by Gasteiger charge is -2.57. The van der Waals surface area contributed by atoms with Gasteiger partial charge in [0.15, 0.2) is 5.78 Å². The minimum absolute atomic E-state index is 0.0443. The van der Waals surface area contributed by atoms with Crippen molar-refractivity contribution in [1.82, 2.24) is 9.21 Å². The molecule has 3 heterocycles. The van der Waals surface area contributed by atoms with Gasteiger partial charge in [-0.05, 0) is 76.1 Å². The van der Waals surface area contributed by atoms with Crippen LogP contribution >= 0.6 is 11.6 Å². The van der Waals surface area contributed by atoms with Gasteiger partial charge in [0.05, 0.1) is 4.90 Å². The number of carbonyl (C=O) groups is 1. The average molecular weight is 425 g/mol. The van der Waals surface area contributed by atoms with Crippen molar-refractivity contribution in [3.8, 4) is 0 Å². The molecule has 0 saturated carbocycles. The van der Waals surface area contributed by atoms with Crippen LogP contribution in [0.2, 0.25) is 0 Å². The fourth-order valence-corrected chi connectivity index (χ4v) is 7.68. The fourth-order valence-electron chi connectivity index (χ4n) is 5.70. The standard InChI is InChI=1S/C21H29ClN2O3S/c1-15(25)16-6-8-18(9-7-16)28(26,27)24-14-17-4-2-12-23-13-3-5-19(21(17)23)20(24)10-11-22/h6-9,17,19-21H,2-5,10-14H2,1H3/t17-,19+,20+,21-/m0/s1. The van der Waals surface area contributed by atoms with Crippen molar-refractivity contribution in [2.24, 2.45) is 11.8 Å². The van der Waals surface area contributed by atoms with Crippen LogP contribution in [0.15, 0.2) is 29.2 Å². The molecule has 0 aliphatic carbocycles. The quantitative estimate of drug-likeness (QED) is 0.537. The number of Topliss-reactive ketones (excluding diaryl/α,β-unsaturated/α-hetero) is 1. The lowest BCUT2D eigenvalue weighted by Crippen LogP contribution is -2.65. The smallest absolute Gasteiger partial charge is 0.243 e. The molecule has 4 atom stereocenters. The van der Waals surface area contributed by atoms with Crippen LogP contribution in [0, 0.1) is 11.8 Å². The number of hydrogen-bond donors (Lipinski definition) is 0. The molecule has 5 nitrogen and oxygen atoms in total. The normalized spacial score (nSPS) is 31.4. The third-order valence-corrected chi connectivity index (χ3v) is 9.02. The summed E-state index contributed by atoms with van der Waals surface area (Å²) < 4.78 is 28.9. The zero-order chi connectivity index (χ0) is 19.9. The van der Waals surface area contributed by atoms with Crippen LogP contribution in [0.3, 0.4) is 0 Å². The van der Waals surface area contributed by atoms with Crippen LogP contribution in [0.5, 0.6) is 0 Å². The van der Waals surface area contributed by atoms with E-state index in [1.165, 1.54) is 6.92 Å². The maximum absolute atomic E-state index is 13.6. The van der Waals surface area contributed by atoms with Crippen molar-refractivity contribution in [1.29, 1.82) is 0 Å². The van der Waals surface area contributed by atoms with Crippen LogP contribution in [-0.4, -0.2) is 61.0 Å². The van der Waals surface area contributed by atoms with Gasteiger partial charge in [-0.3, -0.25) is 9.69 Å². The monoisotopic (exact) mass is 424 g/mol. The molecule has 0 bridgehead atoms. The Morgan fingerprint density at radius 2 is 1.82 bits per heavy atom. The number of alkyl halides is 1. The molecule has 28 heavy (non-hydrogen) atoms. The SMILES string of the molecule is CC(=O)c1ccc(S(=O)(=O)N2C[C@@H]3CCCN4CCC[C@@H]([C@H]34)[C@H]2CCCl)cc1. The van der Waals surface area contributed by atoms with Crippen molar-refractivity contribution >= 4 is 27.4 Å². The van der Waals surface area contributed by atoms with Crippen LogP contribution in [0.1, 0.15) is 49.4 Å². The number of sulfonamides is 1. The predicted molar refractivity (Wildman–Crippen MR) is 110 cm³/mol. The summed E-state index contributed by atoms with van der Waals surface area (Å²) in [5.74, 6) is 1.16. The van der Waals surface area contributed by atoms with E-state index in [4.69, 9.17) is 11.6 Å². The van der Waals surface area contributed by atoms with Gasteiger partial charge in [-0.2, -0.15) is 4.31 Å². The fraction of sp³-hybridized carbons (Fsp3) is 0.667. The largest absolute Gasteiger partial charge is 0.300 e. The first-order valence-corrected chi connectivity index (χ1v) is 12.3. The van der Waals surface area contributed by atoms with Crippen LogP contribution in [0.25, 0.3) is 0 Å². The summed E-state index contributed by atoms with van der Waals surface area (Å²) in [7, 11) is -3.62. The summed E-state index contributed by atoms with van der Waals surface area (Å²) in [6.07, 6.45) is 5.15. The number of nitrogens with zero attached hydrogens (tertiary/aromatic N) is 2. The molecule has 154 valence electrons. The highest BCUT2D eigenvalue weighted by molar-refractivity contribution is 7.89. The Morgan fingerprint density at radius 3 is 2.46 bits per heavy atom. The maximum atomic E-state index is 13.6. The molecule has 0 spiro atoms. The summed E-state index contributed by atoms with van der Waals surface area (Å²) in [6, 6.07) is 6.83. The third-order valence-electron chi connectivity index (χ3n) is 6.90. The summed E-state index contributed by atoms with van der Waals surface area (Å²) in [4.78, 5) is 14.4. The van der Waals surface area contributed by atoms with Crippen LogP contribution in [-0.2, 0) is 10.0 Å². The summed E-state index contributed by atoms with van der Waals surface area (Å²) >= 11 is 6.13. The predicted octanol–water partition coefficient (Wildman–Crippen LogP) is 3.38. The second-order valence-corrected chi connectivity index (χ2v) is 10.7. The van der Waals surface area contributed by atoms with Gasteiger partial charge >= 0.3 is 0 Å². The molecule has 0 amide bonds. The number of benzene rings is 1. The Labute approximate surface area is 173 Å². The van der Waals surface area contributed by atoms with E-state index in [1.54, 1.807) is 28.6 Å². The molecule has 0 radical (unpaired) electrons. The minimum Gasteiger partial charge on any atom is -0.300 e. The zero-order valence-electron chi connectivity index (χ0n) is 16.4. The van der Waals surface area contributed by atoms with Gasteiger partial charge in [0.1, 0.15) is 0 Å². The molecular weight excluding hydrogens is 396 g/mol. The van der Waals surface area contributed by atoms with Crippen LogP contribution < -0.4 is 0 Å². The van der Waals surface area contributed by atoms with Crippen LogP contribution in [0.4, 0.5) is 0 Å². The minimum atomic E-state index is -3.62. The van der Waals surface area contributed by atoms with Gasteiger partial charge in [0.25, 0.3) is 0 Å². The summed E-state index contributed by atoms with van der Waals surface area (Å²) in [5.41, 5.74) is 0.533. The molecule has 3 fully saturated rings. The Hall–Kier alpha value is -0.950. The number of piperidine rings is 3. The highest BCUT2D eigenvalue weighted by atomic mass is 35.5. The Bertz CT molecular complexity index is 825. The summed E-state index contributed by atoms with van der Waals surface area (Å²) in [6.45, 7) is 4.35. The second kappa shape index (κ2) is 8.05. The Kier molecular flexibility index (Phi) is 5.85. The van der Waals surface area contributed by atoms with Crippen molar-refractivity contribution in [2.75, 3.05) is 25.5 Å². The molecule has 3 aliphatic heterocycles. The number of hydrogen-bond acceptors (Lipinski definition) is 4. The molecule has 3 saturated heterocycles. The van der Waals surface area contributed by atoms with Gasteiger partial charge < -0.3 is 0 Å². The molecule has 1 aromatic rings. The highest BCUT2D eigenvalue weighted by Gasteiger charge is 2.51. The molecule has 1 aromatic carbocycles. The van der Waals surface area contributed by atoms with Gasteiger partial charge in [-0.25, -0.2) is 8.42 Å². The Balaban J connectivity index is 1.68. The number of ketones is 1. The Morgan fingerprint density at radius 1 is 1.14 bits per heavy atom. The molecule has 4 rings (SSSR count). The summed E-state index contributed by atoms with van der Waals surface area (Å²) in [5, 5.41) is 0. The average Bonchev–Trinajstić information content (AvgIpc) is 2.70. The highest BCUT2D eigenvalue weighted by Crippen LogP contribution is 2.44. The van der Waals surface area contributed by atoms with Crippen molar-refractivity contribution < 1.29 is 13.2 Å². The third kappa shape index (κ3) is 3.53. The van der Waals surface area contributed by atoms with Crippen molar-refractivity contribution in [2.45, 2.75) is 56.0 Å². The molecule has 7 heteroatoms. The molecule has 0 N–H and O–H groups in total. The van der Waals surface area contributed by atoms with E-state index in [0.29, 0.717) is 42.3 Å². The first kappa shape index (κ1) is 20.3. The van der Waals surface area contributed by atoms with Crippen molar-refractivity contribution in [3.63, 3.8) is 0 Å². The van der Waals surface area contributed by atoms with Crippen molar-refractivity contribution in [3.05, 3.63) is 29.8 Å². The van der Waals surface area contributed by atoms with Gasteiger partial charge in [0.2, 0.25) is 10.0 Å². The molecule has 3 aliphatic rings. The van der Waals surface area contributed by atoms with Gasteiger partial charge in [-0.15, -0.1) is 11.6 Å². The van der Waals surface area contributed by atoms with E-state index in [-0.39, 0.29) is 16.7 Å². The van der Waals surface area contributed by atoms with E-state index >= 15 is 0 Å². The topological polar surface area (TPSA) is 57.7 Å². The molecule has 0 aromatic heterocycles. The molecular formula is C21H29ClN2O3S. The second-order valence-electron chi connectivity index (χ2n) is 8.44. The van der Waals surface area contributed by atoms with E-state index < -0.39 is 10.0 Å². The van der Waals surface area contributed by atoms with E-state index in [1.807, 2.05) is 0 Å². The zero-order valence-corrected chi connectivity index (χ0v) is 18.0. The number of halogens is 1. The van der Waals surface area contributed by atoms with Gasteiger partial charge in [0, 0.05) is 30.1 Å². The first-order chi connectivity index (χ1) is 13.4. The van der Waals surface area contributed by atoms with E-state index in [2.05, 4.69) is 4.90 Å². The van der Waals surface area contributed by atoms with Gasteiger partial charge in [-0.1, -0.05) is 12.1 Å². The number of rotatable bonds is 5. The lowest BCUT2D eigenvalue weighted by atomic mass is 9.70. The number of carbonyl (C=O) groups excluding carboxylic acids is 1.